The molecule has 0 aromatic carbocycles. The van der Waals surface area contributed by atoms with E-state index in [4.69, 9.17) is 4.74 Å². The maximum atomic E-state index is 9.72. The topological polar surface area (TPSA) is 53.9 Å². The summed E-state index contributed by atoms with van der Waals surface area (Å²) in [6.07, 6.45) is 2.47. The maximum absolute atomic E-state index is 9.72. The molecule has 0 spiro atoms. The van der Waals surface area contributed by atoms with Crippen LogP contribution >= 0.6 is 0 Å². The van der Waals surface area contributed by atoms with Crippen LogP contribution in [0.5, 0.6) is 0 Å². The Kier molecular flexibility index (Phi) is 2.69. The second kappa shape index (κ2) is 3.41. The van der Waals surface area contributed by atoms with Gasteiger partial charge in [0.2, 0.25) is 0 Å². The van der Waals surface area contributed by atoms with Gasteiger partial charge in [0.25, 0.3) is 0 Å². The first-order valence-electron chi connectivity index (χ1n) is 4.17. The Morgan fingerprint density at radius 2 is 2.42 bits per heavy atom. The van der Waals surface area contributed by atoms with Crippen LogP contribution in [0.4, 0.5) is 0 Å². The average molecular weight is 172 g/mol. The van der Waals surface area contributed by atoms with Crippen molar-refractivity contribution in [3.05, 3.63) is 0 Å². The predicted molar refractivity (Wildman–Crippen MR) is 47.1 cm³/mol. The van der Waals surface area contributed by atoms with Gasteiger partial charge in [0.1, 0.15) is 6.04 Å². The first kappa shape index (κ1) is 9.48. The molecule has 1 fully saturated rings. The van der Waals surface area contributed by atoms with Crippen molar-refractivity contribution in [2.24, 2.45) is 10.9 Å². The lowest BCUT2D eigenvalue weighted by Gasteiger charge is -2.05. The molecule has 1 aliphatic rings. The highest BCUT2D eigenvalue weighted by Crippen LogP contribution is 2.48. The first-order valence-corrected chi connectivity index (χ1v) is 4.17. The minimum Gasteiger partial charge on any atom is -0.379 e. The predicted octanol–water partition coefficient (Wildman–Crippen LogP) is -0.0225. The van der Waals surface area contributed by atoms with E-state index in [2.05, 4.69) is 10.3 Å². The molecule has 2 N–H and O–H groups in total. The molecular weight excluding hydrogens is 156 g/mol. The standard InChI is InChI=1S/C8H16N2O2/c1-4-6-7(10-5-9-2)8(6,11)12-3/h5-7,11H,4H2,1-3H3,(H,9,10)/t6-,7?,8?/m1/s1. The van der Waals surface area contributed by atoms with Crippen molar-refractivity contribution in [3.63, 3.8) is 0 Å². The summed E-state index contributed by atoms with van der Waals surface area (Å²) in [7, 11) is 3.29. The van der Waals surface area contributed by atoms with E-state index in [9.17, 15) is 5.11 Å². The molecule has 0 aromatic heterocycles. The van der Waals surface area contributed by atoms with Crippen LogP contribution in [0.3, 0.4) is 0 Å². The van der Waals surface area contributed by atoms with Gasteiger partial charge >= 0.3 is 0 Å². The zero-order valence-electron chi connectivity index (χ0n) is 7.74. The summed E-state index contributed by atoms with van der Waals surface area (Å²) < 4.78 is 4.98. The monoisotopic (exact) mass is 172 g/mol. The molecule has 0 aromatic rings. The normalized spacial score (nSPS) is 40.3. The fourth-order valence-corrected chi connectivity index (χ4v) is 1.55. The lowest BCUT2D eigenvalue weighted by atomic mass is 10.3. The summed E-state index contributed by atoms with van der Waals surface area (Å²) in [6, 6.07) is -0.0973. The third kappa shape index (κ3) is 1.32. The minimum atomic E-state index is -1.01. The van der Waals surface area contributed by atoms with Gasteiger partial charge in [-0.3, -0.25) is 4.99 Å². The molecule has 1 rings (SSSR count). The molecule has 12 heavy (non-hydrogen) atoms. The van der Waals surface area contributed by atoms with Crippen molar-refractivity contribution in [1.29, 1.82) is 0 Å². The van der Waals surface area contributed by atoms with Gasteiger partial charge in [-0.2, -0.15) is 0 Å². The molecule has 0 heterocycles. The highest BCUT2D eigenvalue weighted by atomic mass is 16.6. The number of methoxy groups -OCH3 is 1. The molecule has 1 aliphatic carbocycles. The SMILES string of the molecule is CC[C@@H]1C(/N=C/NC)C1(O)OC. The van der Waals surface area contributed by atoms with Crippen LogP contribution in [0.2, 0.25) is 0 Å². The van der Waals surface area contributed by atoms with E-state index in [1.165, 1.54) is 7.11 Å². The van der Waals surface area contributed by atoms with Gasteiger partial charge in [-0.05, 0) is 6.42 Å². The van der Waals surface area contributed by atoms with Gasteiger partial charge < -0.3 is 15.2 Å². The van der Waals surface area contributed by atoms with Crippen molar-refractivity contribution < 1.29 is 9.84 Å². The third-order valence-corrected chi connectivity index (χ3v) is 2.36. The summed E-state index contributed by atoms with van der Waals surface area (Å²) in [5, 5.41) is 12.5. The molecule has 2 unspecified atom stereocenters. The number of aliphatic imine (C=N–C) groups is 1. The van der Waals surface area contributed by atoms with Crippen LogP contribution in [0, 0.1) is 5.92 Å². The maximum Gasteiger partial charge on any atom is 0.193 e. The Morgan fingerprint density at radius 3 is 2.75 bits per heavy atom. The lowest BCUT2D eigenvalue weighted by Crippen LogP contribution is -2.17. The highest BCUT2D eigenvalue weighted by Gasteiger charge is 2.64. The molecule has 0 amide bonds. The number of nitrogens with one attached hydrogen (secondary N) is 1. The van der Waals surface area contributed by atoms with E-state index in [-0.39, 0.29) is 12.0 Å². The van der Waals surface area contributed by atoms with Crippen molar-refractivity contribution in [3.8, 4) is 0 Å². The Bertz CT molecular complexity index is 184. The Hall–Kier alpha value is -0.610. The molecule has 0 radical (unpaired) electrons. The molecule has 70 valence electrons. The molecule has 3 atom stereocenters. The third-order valence-electron chi connectivity index (χ3n) is 2.36. The van der Waals surface area contributed by atoms with Crippen LogP contribution in [0.25, 0.3) is 0 Å². The van der Waals surface area contributed by atoms with Gasteiger partial charge in [0, 0.05) is 20.1 Å². The summed E-state index contributed by atoms with van der Waals surface area (Å²) in [5.74, 6) is -0.866. The Labute approximate surface area is 72.6 Å². The van der Waals surface area contributed by atoms with Crippen molar-refractivity contribution >= 4 is 6.34 Å². The van der Waals surface area contributed by atoms with Gasteiger partial charge in [-0.15, -0.1) is 0 Å². The minimum absolute atomic E-state index is 0.0973. The van der Waals surface area contributed by atoms with E-state index < -0.39 is 5.79 Å². The van der Waals surface area contributed by atoms with Crippen LogP contribution in [0.1, 0.15) is 13.3 Å². The number of nitrogens with zero attached hydrogens (tertiary/aromatic N) is 1. The largest absolute Gasteiger partial charge is 0.379 e. The van der Waals surface area contributed by atoms with Crippen molar-refractivity contribution in [2.45, 2.75) is 25.2 Å². The number of aliphatic hydroxyl groups is 1. The molecule has 1 saturated carbocycles. The highest BCUT2D eigenvalue weighted by molar-refractivity contribution is 5.54. The summed E-state index contributed by atoms with van der Waals surface area (Å²) in [6.45, 7) is 2.02. The van der Waals surface area contributed by atoms with E-state index >= 15 is 0 Å². The summed E-state index contributed by atoms with van der Waals surface area (Å²) >= 11 is 0. The van der Waals surface area contributed by atoms with Crippen molar-refractivity contribution in [1.82, 2.24) is 5.32 Å². The second-order valence-corrected chi connectivity index (χ2v) is 2.98. The van der Waals surface area contributed by atoms with Gasteiger partial charge in [-0.25, -0.2) is 0 Å². The van der Waals surface area contributed by atoms with E-state index in [0.717, 1.165) is 6.42 Å². The average Bonchev–Trinajstić information content (AvgIpc) is 2.68. The van der Waals surface area contributed by atoms with Gasteiger partial charge in [0.05, 0.1) is 6.34 Å². The number of rotatable bonds is 4. The smallest absolute Gasteiger partial charge is 0.193 e. The molecule has 4 heteroatoms. The zero-order valence-corrected chi connectivity index (χ0v) is 7.74. The number of ether oxygens (including phenoxy) is 1. The molecule has 4 nitrogen and oxygen atoms in total. The summed E-state index contributed by atoms with van der Waals surface area (Å²) in [5.41, 5.74) is 0. The van der Waals surface area contributed by atoms with Gasteiger partial charge in [-0.1, -0.05) is 6.92 Å². The van der Waals surface area contributed by atoms with Crippen LogP contribution in [0.15, 0.2) is 4.99 Å². The molecule has 0 bridgehead atoms. The zero-order chi connectivity index (χ0) is 9.19. The fraction of sp³-hybridized carbons (Fsp3) is 0.875. The van der Waals surface area contributed by atoms with Crippen LogP contribution in [-0.2, 0) is 4.74 Å². The van der Waals surface area contributed by atoms with Crippen molar-refractivity contribution in [2.75, 3.05) is 14.2 Å². The quantitative estimate of drug-likeness (QED) is 0.356. The van der Waals surface area contributed by atoms with E-state index in [1.807, 2.05) is 6.92 Å². The van der Waals surface area contributed by atoms with E-state index in [0.29, 0.717) is 0 Å². The molecule has 0 aliphatic heterocycles. The molecular formula is C8H16N2O2. The van der Waals surface area contributed by atoms with E-state index in [1.54, 1.807) is 13.4 Å². The Balaban J connectivity index is 2.52. The Morgan fingerprint density at radius 1 is 1.75 bits per heavy atom. The fourth-order valence-electron chi connectivity index (χ4n) is 1.55. The molecule has 0 saturated heterocycles. The van der Waals surface area contributed by atoms with Crippen LogP contribution in [-0.4, -0.2) is 37.4 Å². The first-order chi connectivity index (χ1) is 5.70. The second-order valence-electron chi connectivity index (χ2n) is 2.98. The lowest BCUT2D eigenvalue weighted by molar-refractivity contribution is -0.116. The number of hydrogen-bond acceptors (Lipinski definition) is 3. The number of hydrogen-bond donors (Lipinski definition) is 2. The van der Waals surface area contributed by atoms with Gasteiger partial charge in [0.15, 0.2) is 5.79 Å². The van der Waals surface area contributed by atoms with Crippen LogP contribution < -0.4 is 5.32 Å². The summed E-state index contributed by atoms with van der Waals surface area (Å²) in [4.78, 5) is 4.12.